The molecule has 2 aromatic rings. The minimum atomic E-state index is -1.03. The first-order chi connectivity index (χ1) is 9.74. The van der Waals surface area contributed by atoms with Crippen LogP contribution in [0.2, 0.25) is 0 Å². The van der Waals surface area contributed by atoms with E-state index in [2.05, 4.69) is 22.1 Å². The van der Waals surface area contributed by atoms with Gasteiger partial charge in [0.15, 0.2) is 0 Å². The molecule has 3 rings (SSSR count). The summed E-state index contributed by atoms with van der Waals surface area (Å²) in [4.78, 5) is 17.5. The number of benzene rings is 1. The first-order valence-electron chi connectivity index (χ1n) is 7.12. The van der Waals surface area contributed by atoms with Gasteiger partial charge in [-0.3, -0.25) is 0 Å². The molecule has 0 aliphatic heterocycles. The Kier molecular flexibility index (Phi) is 3.54. The number of rotatable bonds is 3. The van der Waals surface area contributed by atoms with Crippen molar-refractivity contribution in [1.82, 2.24) is 9.97 Å². The van der Waals surface area contributed by atoms with Gasteiger partial charge in [0.25, 0.3) is 0 Å². The quantitative estimate of drug-likeness (QED) is 0.891. The van der Waals surface area contributed by atoms with E-state index in [9.17, 15) is 4.79 Å². The number of carbonyl (C=O) groups is 1. The lowest BCUT2D eigenvalue weighted by atomic mass is 9.84. The van der Waals surface area contributed by atoms with Crippen LogP contribution in [0.3, 0.4) is 0 Å². The SMILES string of the molecule is O=C(O)c1ncc(-c2ccc(C3CCCCC3)cc2)[nH]1. The van der Waals surface area contributed by atoms with Gasteiger partial charge in [0.05, 0.1) is 11.9 Å². The van der Waals surface area contributed by atoms with Crippen molar-refractivity contribution in [3.05, 3.63) is 41.9 Å². The summed E-state index contributed by atoms with van der Waals surface area (Å²) in [7, 11) is 0. The van der Waals surface area contributed by atoms with Gasteiger partial charge in [-0.2, -0.15) is 0 Å². The molecule has 0 unspecified atom stereocenters. The summed E-state index contributed by atoms with van der Waals surface area (Å²) in [5.41, 5.74) is 3.12. The van der Waals surface area contributed by atoms with Crippen LogP contribution in [0.5, 0.6) is 0 Å². The number of nitrogens with zero attached hydrogens (tertiary/aromatic N) is 1. The van der Waals surface area contributed by atoms with Gasteiger partial charge in [-0.15, -0.1) is 0 Å². The lowest BCUT2D eigenvalue weighted by molar-refractivity contribution is 0.0685. The number of imidazole rings is 1. The van der Waals surface area contributed by atoms with Gasteiger partial charge >= 0.3 is 5.97 Å². The molecule has 1 fully saturated rings. The molecule has 0 saturated heterocycles. The maximum atomic E-state index is 10.8. The monoisotopic (exact) mass is 270 g/mol. The van der Waals surface area contributed by atoms with Crippen molar-refractivity contribution in [3.63, 3.8) is 0 Å². The number of aromatic amines is 1. The van der Waals surface area contributed by atoms with E-state index in [0.29, 0.717) is 5.92 Å². The molecule has 2 N–H and O–H groups in total. The average Bonchev–Trinajstić information content (AvgIpc) is 2.98. The van der Waals surface area contributed by atoms with Gasteiger partial charge in [0.2, 0.25) is 5.82 Å². The van der Waals surface area contributed by atoms with Crippen LogP contribution >= 0.6 is 0 Å². The first kappa shape index (κ1) is 12.9. The van der Waals surface area contributed by atoms with E-state index in [-0.39, 0.29) is 5.82 Å². The van der Waals surface area contributed by atoms with Crippen LogP contribution in [0.1, 0.15) is 54.2 Å². The minimum Gasteiger partial charge on any atom is -0.475 e. The molecule has 1 aliphatic carbocycles. The van der Waals surface area contributed by atoms with E-state index in [1.807, 2.05) is 12.1 Å². The highest BCUT2D eigenvalue weighted by molar-refractivity contribution is 5.84. The second-order valence-corrected chi connectivity index (χ2v) is 5.41. The van der Waals surface area contributed by atoms with Crippen molar-refractivity contribution >= 4 is 5.97 Å². The normalized spacial score (nSPS) is 16.2. The Balaban J connectivity index is 1.79. The summed E-state index contributed by atoms with van der Waals surface area (Å²) in [6.45, 7) is 0. The number of carboxylic acid groups (broad SMARTS) is 1. The Morgan fingerprint density at radius 1 is 1.15 bits per heavy atom. The van der Waals surface area contributed by atoms with Gasteiger partial charge in [-0.05, 0) is 29.9 Å². The molecule has 0 bridgehead atoms. The van der Waals surface area contributed by atoms with Crippen molar-refractivity contribution in [2.45, 2.75) is 38.0 Å². The Morgan fingerprint density at radius 3 is 2.45 bits per heavy atom. The summed E-state index contributed by atoms with van der Waals surface area (Å²) in [5.74, 6) is -0.361. The number of carboxylic acids is 1. The third-order valence-corrected chi connectivity index (χ3v) is 4.08. The largest absolute Gasteiger partial charge is 0.475 e. The molecular weight excluding hydrogens is 252 g/mol. The summed E-state index contributed by atoms with van der Waals surface area (Å²) in [6.07, 6.45) is 8.16. The third-order valence-electron chi connectivity index (χ3n) is 4.08. The Labute approximate surface area is 117 Å². The second kappa shape index (κ2) is 5.49. The fourth-order valence-corrected chi connectivity index (χ4v) is 2.95. The maximum Gasteiger partial charge on any atom is 0.371 e. The van der Waals surface area contributed by atoms with E-state index in [1.54, 1.807) is 6.20 Å². The van der Waals surface area contributed by atoms with Crippen LogP contribution in [-0.2, 0) is 0 Å². The third kappa shape index (κ3) is 2.59. The van der Waals surface area contributed by atoms with Crippen molar-refractivity contribution in [2.75, 3.05) is 0 Å². The van der Waals surface area contributed by atoms with Gasteiger partial charge in [0, 0.05) is 0 Å². The zero-order valence-corrected chi connectivity index (χ0v) is 11.3. The number of nitrogens with one attached hydrogen (secondary N) is 1. The molecule has 4 heteroatoms. The Morgan fingerprint density at radius 2 is 1.85 bits per heavy atom. The van der Waals surface area contributed by atoms with Gasteiger partial charge in [-0.25, -0.2) is 9.78 Å². The number of aromatic nitrogens is 2. The molecule has 4 nitrogen and oxygen atoms in total. The molecule has 0 atom stereocenters. The maximum absolute atomic E-state index is 10.8. The van der Waals surface area contributed by atoms with E-state index in [1.165, 1.54) is 37.7 Å². The summed E-state index contributed by atoms with van der Waals surface area (Å²) in [5, 5.41) is 8.87. The fourth-order valence-electron chi connectivity index (χ4n) is 2.95. The van der Waals surface area contributed by atoms with E-state index in [4.69, 9.17) is 5.11 Å². The van der Waals surface area contributed by atoms with E-state index >= 15 is 0 Å². The standard InChI is InChI=1S/C16H18N2O2/c19-16(20)15-17-10-14(18-15)13-8-6-12(7-9-13)11-4-2-1-3-5-11/h6-11H,1-5H2,(H,17,18)(H,19,20). The molecular formula is C16H18N2O2. The van der Waals surface area contributed by atoms with E-state index < -0.39 is 5.97 Å². The lowest BCUT2D eigenvalue weighted by Crippen LogP contribution is -2.04. The van der Waals surface area contributed by atoms with E-state index in [0.717, 1.165) is 11.3 Å². The van der Waals surface area contributed by atoms with Crippen LogP contribution in [0.4, 0.5) is 0 Å². The van der Waals surface area contributed by atoms with Crippen LogP contribution in [0.25, 0.3) is 11.3 Å². The van der Waals surface area contributed by atoms with Crippen LogP contribution in [-0.4, -0.2) is 21.0 Å². The summed E-state index contributed by atoms with van der Waals surface area (Å²) in [6, 6.07) is 8.41. The Hall–Kier alpha value is -2.10. The molecule has 0 radical (unpaired) electrons. The van der Waals surface area contributed by atoms with Crippen LogP contribution in [0.15, 0.2) is 30.5 Å². The van der Waals surface area contributed by atoms with Crippen LogP contribution in [0, 0.1) is 0 Å². The minimum absolute atomic E-state index is 0.0173. The molecule has 1 aromatic heterocycles. The van der Waals surface area contributed by atoms with Crippen molar-refractivity contribution in [3.8, 4) is 11.3 Å². The van der Waals surface area contributed by atoms with Crippen molar-refractivity contribution < 1.29 is 9.90 Å². The topological polar surface area (TPSA) is 66.0 Å². The van der Waals surface area contributed by atoms with Gasteiger partial charge < -0.3 is 10.1 Å². The average molecular weight is 270 g/mol. The highest BCUT2D eigenvalue weighted by Gasteiger charge is 2.15. The van der Waals surface area contributed by atoms with Gasteiger partial charge in [-0.1, -0.05) is 43.5 Å². The number of hydrogen-bond donors (Lipinski definition) is 2. The number of hydrogen-bond acceptors (Lipinski definition) is 2. The molecule has 20 heavy (non-hydrogen) atoms. The van der Waals surface area contributed by atoms with Gasteiger partial charge in [0.1, 0.15) is 0 Å². The molecule has 1 heterocycles. The second-order valence-electron chi connectivity index (χ2n) is 5.41. The number of H-pyrrole nitrogens is 1. The fraction of sp³-hybridized carbons (Fsp3) is 0.375. The smallest absolute Gasteiger partial charge is 0.371 e. The number of aromatic carboxylic acids is 1. The highest BCUT2D eigenvalue weighted by atomic mass is 16.4. The predicted molar refractivity (Wildman–Crippen MR) is 76.8 cm³/mol. The van der Waals surface area contributed by atoms with Crippen molar-refractivity contribution in [2.24, 2.45) is 0 Å². The highest BCUT2D eigenvalue weighted by Crippen LogP contribution is 2.33. The molecule has 1 aliphatic rings. The predicted octanol–water partition coefficient (Wildman–Crippen LogP) is 3.82. The molecule has 104 valence electrons. The first-order valence-corrected chi connectivity index (χ1v) is 7.12. The summed E-state index contributed by atoms with van der Waals surface area (Å²) < 4.78 is 0. The Bertz CT molecular complexity index is 595. The van der Waals surface area contributed by atoms with Crippen molar-refractivity contribution in [1.29, 1.82) is 0 Å². The molecule has 0 amide bonds. The zero-order chi connectivity index (χ0) is 13.9. The molecule has 1 aromatic carbocycles. The molecule has 1 saturated carbocycles. The lowest BCUT2D eigenvalue weighted by Gasteiger charge is -2.22. The summed E-state index contributed by atoms with van der Waals surface area (Å²) >= 11 is 0. The van der Waals surface area contributed by atoms with Crippen LogP contribution < -0.4 is 0 Å². The molecule has 0 spiro atoms. The zero-order valence-electron chi connectivity index (χ0n) is 11.3.